The monoisotopic (exact) mass is 392 g/mol. The van der Waals surface area contributed by atoms with Crippen LogP contribution >= 0.6 is 0 Å². The number of carbonyl (C=O) groups is 1. The van der Waals surface area contributed by atoms with Crippen molar-refractivity contribution in [3.8, 4) is 17.0 Å². The van der Waals surface area contributed by atoms with Crippen molar-refractivity contribution in [1.29, 1.82) is 0 Å². The van der Waals surface area contributed by atoms with Crippen molar-refractivity contribution in [2.24, 2.45) is 7.05 Å². The first-order valence-corrected chi connectivity index (χ1v) is 8.61. The van der Waals surface area contributed by atoms with Crippen LogP contribution in [0.4, 0.5) is 5.69 Å². The summed E-state index contributed by atoms with van der Waals surface area (Å²) in [5, 5.41) is 2.68. The van der Waals surface area contributed by atoms with Crippen LogP contribution in [0.15, 0.2) is 62.5 Å². The molecule has 2 aromatic heterocycles. The van der Waals surface area contributed by atoms with E-state index >= 15 is 0 Å². The molecule has 2 N–H and O–H groups in total. The van der Waals surface area contributed by atoms with Gasteiger partial charge in [-0.1, -0.05) is 0 Å². The zero-order chi connectivity index (χ0) is 20.5. The molecule has 9 nitrogen and oxygen atoms in total. The van der Waals surface area contributed by atoms with Crippen LogP contribution in [0.3, 0.4) is 0 Å². The number of hydrogen-bond donors (Lipinski definition) is 2. The molecule has 0 aliphatic rings. The number of benzene rings is 2. The quantitative estimate of drug-likeness (QED) is 0.549. The number of nitrogens with zero attached hydrogens (tertiary/aromatic N) is 2. The Hall–Kier alpha value is -4.14. The Morgan fingerprint density at radius 3 is 2.62 bits per heavy atom. The lowest BCUT2D eigenvalue weighted by Gasteiger charge is -2.07. The lowest BCUT2D eigenvalue weighted by atomic mass is 10.1. The molecule has 2 heterocycles. The van der Waals surface area contributed by atoms with Crippen LogP contribution in [0, 0.1) is 0 Å². The first-order chi connectivity index (χ1) is 13.9. The predicted molar refractivity (Wildman–Crippen MR) is 106 cm³/mol. The minimum atomic E-state index is -0.645. The lowest BCUT2D eigenvalue weighted by molar-refractivity contribution is 0.102. The Morgan fingerprint density at radius 2 is 1.90 bits per heavy atom. The summed E-state index contributed by atoms with van der Waals surface area (Å²) in [4.78, 5) is 42.5. The highest BCUT2D eigenvalue weighted by molar-refractivity contribution is 6.04. The van der Waals surface area contributed by atoms with Crippen LogP contribution in [0.5, 0.6) is 5.75 Å². The summed E-state index contributed by atoms with van der Waals surface area (Å²) in [5.41, 5.74) is 1.79. The molecule has 0 saturated carbocycles. The number of carbonyl (C=O) groups excluding carboxylic acids is 1. The van der Waals surface area contributed by atoms with Crippen molar-refractivity contribution >= 4 is 22.7 Å². The molecule has 1 amide bonds. The first kappa shape index (κ1) is 18.2. The van der Waals surface area contributed by atoms with Gasteiger partial charge in [0.25, 0.3) is 5.91 Å². The maximum atomic E-state index is 12.6. The second kappa shape index (κ2) is 7.12. The van der Waals surface area contributed by atoms with E-state index in [0.717, 1.165) is 0 Å². The van der Waals surface area contributed by atoms with Crippen molar-refractivity contribution in [2.75, 3.05) is 12.4 Å². The zero-order valence-corrected chi connectivity index (χ0v) is 15.6. The zero-order valence-electron chi connectivity index (χ0n) is 15.6. The Labute approximate surface area is 163 Å². The van der Waals surface area contributed by atoms with Gasteiger partial charge >= 0.3 is 11.4 Å². The van der Waals surface area contributed by atoms with E-state index in [1.54, 1.807) is 50.6 Å². The molecule has 0 saturated heterocycles. The number of anilines is 1. The SMILES string of the molecule is COc1ccc(-c2cc(C(=O)Nc3ccc4c(c3)oc(=O)n4C)[nH]c(=O)n2)cc1. The Bertz CT molecular complexity index is 1330. The van der Waals surface area contributed by atoms with Crippen molar-refractivity contribution < 1.29 is 13.9 Å². The molecular formula is C20H16N4O5. The number of aromatic nitrogens is 3. The molecule has 0 bridgehead atoms. The van der Waals surface area contributed by atoms with Crippen molar-refractivity contribution in [3.05, 3.63) is 75.3 Å². The Kier molecular flexibility index (Phi) is 4.47. The van der Waals surface area contributed by atoms with Crippen LogP contribution in [0.1, 0.15) is 10.5 Å². The Balaban J connectivity index is 1.64. The summed E-state index contributed by atoms with van der Waals surface area (Å²) < 4.78 is 11.6. The number of methoxy groups -OCH3 is 1. The minimum Gasteiger partial charge on any atom is -0.497 e. The highest BCUT2D eigenvalue weighted by Gasteiger charge is 2.13. The minimum absolute atomic E-state index is 0.0467. The topological polar surface area (TPSA) is 119 Å². The summed E-state index contributed by atoms with van der Waals surface area (Å²) in [7, 11) is 3.15. The maximum absolute atomic E-state index is 12.6. The number of fused-ring (bicyclic) bond motifs is 1. The van der Waals surface area contributed by atoms with E-state index in [2.05, 4.69) is 15.3 Å². The fourth-order valence-corrected chi connectivity index (χ4v) is 2.90. The third-order valence-corrected chi connectivity index (χ3v) is 4.43. The number of aryl methyl sites for hydroxylation is 1. The molecule has 0 unspecified atom stereocenters. The second-order valence-electron chi connectivity index (χ2n) is 6.28. The number of H-pyrrole nitrogens is 1. The molecule has 0 atom stereocenters. The molecule has 146 valence electrons. The molecule has 0 radical (unpaired) electrons. The molecule has 2 aromatic carbocycles. The third-order valence-electron chi connectivity index (χ3n) is 4.43. The average molecular weight is 392 g/mol. The van der Waals surface area contributed by atoms with Gasteiger partial charge in [0.05, 0.1) is 18.3 Å². The number of oxazole rings is 1. The van der Waals surface area contributed by atoms with E-state index in [1.807, 2.05) is 0 Å². The largest absolute Gasteiger partial charge is 0.497 e. The summed E-state index contributed by atoms with van der Waals surface area (Å²) >= 11 is 0. The van der Waals surface area contributed by atoms with E-state index < -0.39 is 17.4 Å². The highest BCUT2D eigenvalue weighted by Crippen LogP contribution is 2.21. The standard InChI is InChI=1S/C20H16N4O5/c1-24-16-8-5-12(9-17(16)29-20(24)27)21-18(25)15-10-14(22-19(26)23-15)11-3-6-13(28-2)7-4-11/h3-10H,1-2H3,(H,21,25)(H,22,23,26). The highest BCUT2D eigenvalue weighted by atomic mass is 16.5. The summed E-state index contributed by atoms with van der Waals surface area (Å²) in [6.45, 7) is 0. The van der Waals surface area contributed by atoms with E-state index in [4.69, 9.17) is 9.15 Å². The van der Waals surface area contributed by atoms with E-state index in [1.165, 1.54) is 16.7 Å². The molecule has 9 heteroatoms. The lowest BCUT2D eigenvalue weighted by Crippen LogP contribution is -2.21. The van der Waals surface area contributed by atoms with Gasteiger partial charge < -0.3 is 19.5 Å². The number of nitrogens with one attached hydrogen (secondary N) is 2. The Morgan fingerprint density at radius 1 is 1.14 bits per heavy atom. The van der Waals surface area contributed by atoms with Gasteiger partial charge in [0, 0.05) is 24.4 Å². The summed E-state index contributed by atoms with van der Waals surface area (Å²) in [5.74, 6) is -0.359. The van der Waals surface area contributed by atoms with Crippen LogP contribution in [-0.2, 0) is 7.05 Å². The van der Waals surface area contributed by atoms with Gasteiger partial charge in [0.2, 0.25) is 0 Å². The van der Waals surface area contributed by atoms with Crippen LogP contribution < -0.4 is 21.5 Å². The smallest absolute Gasteiger partial charge is 0.419 e. The number of hydrogen-bond acceptors (Lipinski definition) is 6. The fourth-order valence-electron chi connectivity index (χ4n) is 2.90. The van der Waals surface area contributed by atoms with Gasteiger partial charge in [-0.05, 0) is 42.5 Å². The summed E-state index contributed by atoms with van der Waals surface area (Å²) in [6, 6.07) is 13.3. The fraction of sp³-hybridized carbons (Fsp3) is 0.100. The molecule has 0 aliphatic heterocycles. The average Bonchev–Trinajstić information content (AvgIpc) is 3.00. The van der Waals surface area contributed by atoms with E-state index in [9.17, 15) is 14.4 Å². The van der Waals surface area contributed by atoms with Gasteiger partial charge in [0.1, 0.15) is 11.4 Å². The molecule has 0 fully saturated rings. The number of amides is 1. The van der Waals surface area contributed by atoms with E-state index in [-0.39, 0.29) is 5.69 Å². The molecular weight excluding hydrogens is 376 g/mol. The molecule has 4 aromatic rings. The normalized spacial score (nSPS) is 10.8. The third kappa shape index (κ3) is 3.53. The summed E-state index contributed by atoms with van der Waals surface area (Å²) in [6.07, 6.45) is 0. The molecule has 29 heavy (non-hydrogen) atoms. The maximum Gasteiger partial charge on any atom is 0.419 e. The molecule has 0 aliphatic carbocycles. The number of rotatable bonds is 4. The van der Waals surface area contributed by atoms with Crippen LogP contribution in [0.25, 0.3) is 22.4 Å². The van der Waals surface area contributed by atoms with Crippen molar-refractivity contribution in [2.45, 2.75) is 0 Å². The molecule has 0 spiro atoms. The van der Waals surface area contributed by atoms with Crippen LogP contribution in [0.2, 0.25) is 0 Å². The van der Waals surface area contributed by atoms with Crippen LogP contribution in [-0.4, -0.2) is 27.6 Å². The molecule has 4 rings (SSSR count). The second-order valence-corrected chi connectivity index (χ2v) is 6.28. The van der Waals surface area contributed by atoms with Gasteiger partial charge in [-0.15, -0.1) is 0 Å². The van der Waals surface area contributed by atoms with E-state index in [0.29, 0.717) is 33.8 Å². The van der Waals surface area contributed by atoms with Gasteiger partial charge in [-0.3, -0.25) is 9.36 Å². The van der Waals surface area contributed by atoms with Crippen molar-refractivity contribution in [1.82, 2.24) is 14.5 Å². The van der Waals surface area contributed by atoms with Gasteiger partial charge in [0.15, 0.2) is 5.58 Å². The number of aromatic amines is 1. The predicted octanol–water partition coefficient (Wildman–Crippen LogP) is 2.14. The first-order valence-electron chi connectivity index (χ1n) is 8.61. The van der Waals surface area contributed by atoms with Gasteiger partial charge in [-0.25, -0.2) is 9.59 Å². The van der Waals surface area contributed by atoms with Gasteiger partial charge in [-0.2, -0.15) is 4.98 Å². The van der Waals surface area contributed by atoms with Crippen molar-refractivity contribution in [3.63, 3.8) is 0 Å². The number of ether oxygens (including phenoxy) is 1.